The lowest BCUT2D eigenvalue weighted by Crippen LogP contribution is -2.40. The molecule has 1 fully saturated rings. The smallest absolute Gasteiger partial charge is 0.268 e. The van der Waals surface area contributed by atoms with Crippen molar-refractivity contribution < 1.29 is 18.7 Å². The van der Waals surface area contributed by atoms with Gasteiger partial charge in [0.05, 0.1) is 24.9 Å². The third-order valence-electron chi connectivity index (χ3n) is 5.71. The molecule has 4 rings (SSSR count). The van der Waals surface area contributed by atoms with Gasteiger partial charge >= 0.3 is 0 Å². The number of rotatable bonds is 6. The SMILES string of the molecule is CC(NC(=O)C1=NN(c2ccc(F)cc2)C(C(N)=O)C1)c1ccc(N2CCOCC2)cc1. The van der Waals surface area contributed by atoms with Gasteiger partial charge in [-0.25, -0.2) is 4.39 Å². The molecular weight excluding hydrogens is 413 g/mol. The van der Waals surface area contributed by atoms with Crippen molar-refractivity contribution in [2.24, 2.45) is 10.8 Å². The fraction of sp³-hybridized carbons (Fsp3) is 0.348. The normalized spacial score (nSPS) is 19.4. The minimum atomic E-state index is -0.802. The molecule has 3 N–H and O–H groups in total. The van der Waals surface area contributed by atoms with Crippen LogP contribution < -0.4 is 21.0 Å². The summed E-state index contributed by atoms with van der Waals surface area (Å²) >= 11 is 0. The Morgan fingerprint density at radius 1 is 1.09 bits per heavy atom. The van der Waals surface area contributed by atoms with Gasteiger partial charge in [-0.15, -0.1) is 0 Å². The Morgan fingerprint density at radius 2 is 1.72 bits per heavy atom. The number of ether oxygens (including phenoxy) is 1. The van der Waals surface area contributed by atoms with E-state index in [0.29, 0.717) is 5.69 Å². The first kappa shape index (κ1) is 21.8. The number of carbonyl (C=O) groups excluding carboxylic acids is 2. The van der Waals surface area contributed by atoms with Gasteiger partial charge in [0.1, 0.15) is 17.6 Å². The molecule has 2 atom stereocenters. The number of halogens is 1. The van der Waals surface area contributed by atoms with Crippen molar-refractivity contribution in [1.29, 1.82) is 0 Å². The van der Waals surface area contributed by atoms with Gasteiger partial charge in [-0.05, 0) is 48.9 Å². The van der Waals surface area contributed by atoms with Crippen molar-refractivity contribution in [3.05, 3.63) is 59.9 Å². The Balaban J connectivity index is 1.43. The van der Waals surface area contributed by atoms with E-state index in [1.165, 1.54) is 29.3 Å². The van der Waals surface area contributed by atoms with Crippen LogP contribution in [-0.2, 0) is 14.3 Å². The molecule has 0 aliphatic carbocycles. The van der Waals surface area contributed by atoms with E-state index in [9.17, 15) is 14.0 Å². The van der Waals surface area contributed by atoms with Crippen LogP contribution in [0.3, 0.4) is 0 Å². The molecule has 2 amide bonds. The number of nitrogens with one attached hydrogen (secondary N) is 1. The van der Waals surface area contributed by atoms with Crippen LogP contribution in [0.5, 0.6) is 0 Å². The highest BCUT2D eigenvalue weighted by Gasteiger charge is 2.35. The molecule has 2 aromatic carbocycles. The lowest BCUT2D eigenvalue weighted by molar-refractivity contribution is -0.119. The van der Waals surface area contributed by atoms with E-state index in [2.05, 4.69) is 15.3 Å². The molecule has 0 radical (unpaired) electrons. The number of anilines is 2. The number of nitrogens with two attached hydrogens (primary N) is 1. The van der Waals surface area contributed by atoms with Gasteiger partial charge in [0, 0.05) is 25.2 Å². The number of nitrogens with zero attached hydrogens (tertiary/aromatic N) is 3. The molecule has 2 unspecified atom stereocenters. The molecule has 0 aromatic heterocycles. The van der Waals surface area contributed by atoms with Gasteiger partial charge in [0.15, 0.2) is 0 Å². The van der Waals surface area contributed by atoms with Crippen LogP contribution in [0.25, 0.3) is 0 Å². The Bertz CT molecular complexity index is 1000. The van der Waals surface area contributed by atoms with Crippen LogP contribution in [0.1, 0.15) is 24.9 Å². The first-order valence-electron chi connectivity index (χ1n) is 10.6. The molecule has 2 aromatic rings. The Kier molecular flexibility index (Phi) is 6.36. The minimum absolute atomic E-state index is 0.0846. The largest absolute Gasteiger partial charge is 0.378 e. The third-order valence-corrected chi connectivity index (χ3v) is 5.71. The zero-order valence-electron chi connectivity index (χ0n) is 17.8. The van der Waals surface area contributed by atoms with E-state index >= 15 is 0 Å². The molecule has 2 aliphatic rings. The van der Waals surface area contributed by atoms with Crippen LogP contribution >= 0.6 is 0 Å². The lowest BCUT2D eigenvalue weighted by Gasteiger charge is -2.29. The zero-order chi connectivity index (χ0) is 22.7. The highest BCUT2D eigenvalue weighted by molar-refractivity contribution is 6.40. The summed E-state index contributed by atoms with van der Waals surface area (Å²) in [6.07, 6.45) is 0.0846. The number of hydrogen-bond acceptors (Lipinski definition) is 6. The fourth-order valence-corrected chi connectivity index (χ4v) is 3.86. The maximum atomic E-state index is 13.3. The second-order valence-electron chi connectivity index (χ2n) is 7.88. The molecule has 0 bridgehead atoms. The summed E-state index contributed by atoms with van der Waals surface area (Å²) in [6, 6.07) is 12.5. The van der Waals surface area contributed by atoms with Crippen molar-refractivity contribution in [2.45, 2.75) is 25.4 Å². The summed E-state index contributed by atoms with van der Waals surface area (Å²) in [4.78, 5) is 27.0. The second-order valence-corrected chi connectivity index (χ2v) is 7.88. The molecule has 9 heteroatoms. The molecular formula is C23H26FN5O3. The van der Waals surface area contributed by atoms with Crippen LogP contribution in [-0.4, -0.2) is 49.9 Å². The highest BCUT2D eigenvalue weighted by atomic mass is 19.1. The van der Waals surface area contributed by atoms with E-state index in [1.54, 1.807) is 0 Å². The molecule has 0 spiro atoms. The first-order chi connectivity index (χ1) is 15.4. The number of benzene rings is 2. The fourth-order valence-electron chi connectivity index (χ4n) is 3.86. The van der Waals surface area contributed by atoms with Gasteiger partial charge in [-0.3, -0.25) is 14.6 Å². The Labute approximate surface area is 185 Å². The summed E-state index contributed by atoms with van der Waals surface area (Å²) < 4.78 is 18.6. The van der Waals surface area contributed by atoms with Crippen LogP contribution in [0.15, 0.2) is 53.6 Å². The topological polar surface area (TPSA) is 100 Å². The Hall–Kier alpha value is -3.46. The van der Waals surface area contributed by atoms with E-state index < -0.39 is 17.8 Å². The predicted molar refractivity (Wildman–Crippen MR) is 120 cm³/mol. The molecule has 2 heterocycles. The summed E-state index contributed by atoms with van der Waals surface area (Å²) in [6.45, 7) is 5.05. The van der Waals surface area contributed by atoms with Crippen molar-refractivity contribution in [1.82, 2.24) is 5.32 Å². The van der Waals surface area contributed by atoms with Gasteiger partial charge in [-0.1, -0.05) is 12.1 Å². The average molecular weight is 439 g/mol. The minimum Gasteiger partial charge on any atom is -0.378 e. The van der Waals surface area contributed by atoms with E-state index in [1.807, 2.05) is 31.2 Å². The molecule has 168 valence electrons. The van der Waals surface area contributed by atoms with Crippen molar-refractivity contribution in [3.63, 3.8) is 0 Å². The van der Waals surface area contributed by atoms with E-state index in [4.69, 9.17) is 10.5 Å². The maximum absolute atomic E-state index is 13.3. The molecule has 0 saturated carbocycles. The standard InChI is InChI=1S/C23H26FN5O3/c1-15(16-2-6-18(7-3-16)28-10-12-32-13-11-28)26-23(31)20-14-21(22(25)30)29(27-20)19-8-4-17(24)5-9-19/h2-9,15,21H,10-14H2,1H3,(H2,25,30)(H,26,31). The summed E-state index contributed by atoms with van der Waals surface area (Å²) in [7, 11) is 0. The third kappa shape index (κ3) is 4.72. The number of carbonyl (C=O) groups is 2. The summed E-state index contributed by atoms with van der Waals surface area (Å²) in [5, 5.41) is 8.62. The monoisotopic (exact) mass is 439 g/mol. The van der Waals surface area contributed by atoms with Crippen molar-refractivity contribution in [3.8, 4) is 0 Å². The lowest BCUT2D eigenvalue weighted by atomic mass is 10.1. The number of amides is 2. The first-order valence-corrected chi connectivity index (χ1v) is 10.6. The van der Waals surface area contributed by atoms with Crippen molar-refractivity contribution in [2.75, 3.05) is 36.2 Å². The van der Waals surface area contributed by atoms with Gasteiger partial charge in [-0.2, -0.15) is 5.10 Å². The predicted octanol–water partition coefficient (Wildman–Crippen LogP) is 1.96. The van der Waals surface area contributed by atoms with Gasteiger partial charge in [0.2, 0.25) is 5.91 Å². The van der Waals surface area contributed by atoms with Gasteiger partial charge < -0.3 is 20.7 Å². The maximum Gasteiger partial charge on any atom is 0.268 e. The molecule has 1 saturated heterocycles. The number of hydrazone groups is 1. The quantitative estimate of drug-likeness (QED) is 0.717. The van der Waals surface area contributed by atoms with Crippen LogP contribution in [0, 0.1) is 5.82 Å². The van der Waals surface area contributed by atoms with E-state index in [-0.39, 0.29) is 24.1 Å². The van der Waals surface area contributed by atoms with Gasteiger partial charge in [0.25, 0.3) is 5.91 Å². The van der Waals surface area contributed by atoms with Crippen LogP contribution in [0.2, 0.25) is 0 Å². The zero-order valence-corrected chi connectivity index (χ0v) is 17.8. The molecule has 32 heavy (non-hydrogen) atoms. The second kappa shape index (κ2) is 9.35. The number of morpholine rings is 1. The Morgan fingerprint density at radius 3 is 2.34 bits per heavy atom. The number of primary amides is 1. The number of hydrogen-bond donors (Lipinski definition) is 2. The van der Waals surface area contributed by atoms with Crippen LogP contribution in [0.4, 0.5) is 15.8 Å². The highest BCUT2D eigenvalue weighted by Crippen LogP contribution is 2.26. The average Bonchev–Trinajstić information content (AvgIpc) is 3.26. The molecule has 2 aliphatic heterocycles. The van der Waals surface area contributed by atoms with E-state index in [0.717, 1.165) is 37.6 Å². The molecule has 8 nitrogen and oxygen atoms in total. The summed E-state index contributed by atoms with van der Waals surface area (Å²) in [5.74, 6) is -1.38. The van der Waals surface area contributed by atoms with Crippen molar-refractivity contribution >= 4 is 28.9 Å². The summed E-state index contributed by atoms with van der Waals surface area (Å²) in [5.41, 5.74) is 8.28.